The minimum Gasteiger partial charge on any atom is -0.351 e. The van der Waals surface area contributed by atoms with Crippen LogP contribution in [-0.4, -0.2) is 60.1 Å². The van der Waals surface area contributed by atoms with Gasteiger partial charge in [-0.15, -0.1) is 0 Å². The van der Waals surface area contributed by atoms with Gasteiger partial charge in [0.25, 0.3) is 5.91 Å². The van der Waals surface area contributed by atoms with E-state index in [1.54, 1.807) is 0 Å². The van der Waals surface area contributed by atoms with Gasteiger partial charge in [0.05, 0.1) is 0 Å². The molecule has 0 aromatic rings. The van der Waals surface area contributed by atoms with Crippen LogP contribution in [0.4, 0.5) is 74.6 Å². The summed E-state index contributed by atoms with van der Waals surface area (Å²) in [5.74, 6) is -61.2. The van der Waals surface area contributed by atoms with E-state index in [2.05, 4.69) is 0 Å². The Morgan fingerprint density at radius 2 is 0.800 bits per heavy atom. The summed E-state index contributed by atoms with van der Waals surface area (Å²) in [5, 5.41) is 0.677. The second kappa shape index (κ2) is 7.16. The van der Waals surface area contributed by atoms with Crippen molar-refractivity contribution in [1.29, 1.82) is 0 Å². The predicted octanol–water partition coefficient (Wildman–Crippen LogP) is 5.13. The number of carbonyl (C=O) groups excluding carboxylic acids is 1. The molecule has 0 aromatic carbocycles. The first-order valence-electron chi connectivity index (χ1n) is 6.73. The fraction of sp³-hybridized carbons (Fsp3) is 0.909. The Bertz CT molecular complexity index is 649. The van der Waals surface area contributed by atoms with Crippen LogP contribution in [0.5, 0.6) is 0 Å². The molecule has 0 aliphatic carbocycles. The van der Waals surface area contributed by atoms with Crippen molar-refractivity contribution in [3.8, 4) is 0 Å². The lowest BCUT2D eigenvalue weighted by Crippen LogP contribution is -2.75. The lowest BCUT2D eigenvalue weighted by molar-refractivity contribution is -0.459. The van der Waals surface area contributed by atoms with Gasteiger partial charge in [0.2, 0.25) is 0 Å². The summed E-state index contributed by atoms with van der Waals surface area (Å²) in [5.41, 5.74) is 0. The van der Waals surface area contributed by atoms with E-state index in [0.29, 0.717) is 12.2 Å². The van der Waals surface area contributed by atoms with E-state index in [0.717, 1.165) is 0 Å². The third-order valence-electron chi connectivity index (χ3n) is 3.34. The summed E-state index contributed by atoms with van der Waals surface area (Å²) in [6, 6.07) is 0. The number of hydrogen-bond acceptors (Lipinski definition) is 1. The zero-order valence-corrected chi connectivity index (χ0v) is 13.5. The highest BCUT2D eigenvalue weighted by molar-refractivity contribution is 5.84. The van der Waals surface area contributed by atoms with Crippen molar-refractivity contribution in [1.82, 2.24) is 5.32 Å². The van der Waals surface area contributed by atoms with Gasteiger partial charge in [-0.25, -0.2) is 0 Å². The van der Waals surface area contributed by atoms with E-state index in [-0.39, 0.29) is 0 Å². The van der Waals surface area contributed by atoms with Gasteiger partial charge in [0.1, 0.15) is 0 Å². The first kappa shape index (κ1) is 28.3. The summed E-state index contributed by atoms with van der Waals surface area (Å²) >= 11 is 0. The Hall–Kier alpha value is -1.72. The molecule has 0 heterocycles. The number of rotatable bonds is 8. The number of halogens is 17. The van der Waals surface area contributed by atoms with Crippen molar-refractivity contribution in [3.05, 3.63) is 0 Å². The number of nitrogens with one attached hydrogen (secondary N) is 1. The fourth-order valence-corrected chi connectivity index (χ4v) is 1.58. The zero-order chi connectivity index (χ0) is 25.0. The Morgan fingerprint density at radius 1 is 0.533 bits per heavy atom. The van der Waals surface area contributed by atoms with Crippen LogP contribution < -0.4 is 5.32 Å². The minimum atomic E-state index is -8.71. The van der Waals surface area contributed by atoms with Crippen molar-refractivity contribution in [2.45, 2.75) is 54.6 Å². The van der Waals surface area contributed by atoms with Gasteiger partial charge < -0.3 is 5.32 Å². The standard InChI is InChI=1S/C11H6F17NO/c1-2-29-3(30)4(12,13)5(14,15)6(16,17)7(18,19)8(20,21)9(22,23)10(24,25)11(26,27)28/h2H2,1H3,(H,29,30). The molecule has 0 aliphatic rings. The van der Waals surface area contributed by atoms with Crippen molar-refractivity contribution in [2.75, 3.05) is 6.54 Å². The zero-order valence-electron chi connectivity index (χ0n) is 13.5. The maximum Gasteiger partial charge on any atom is 0.460 e. The number of hydrogen-bond donors (Lipinski definition) is 1. The van der Waals surface area contributed by atoms with Gasteiger partial charge in [0.15, 0.2) is 0 Å². The third-order valence-corrected chi connectivity index (χ3v) is 3.34. The third kappa shape index (κ3) is 3.40. The first-order chi connectivity index (χ1) is 12.7. The quantitative estimate of drug-likeness (QED) is 0.469. The molecule has 30 heavy (non-hydrogen) atoms. The summed E-state index contributed by atoms with van der Waals surface area (Å²) in [7, 11) is 0. The average Bonchev–Trinajstić information content (AvgIpc) is 2.52. The Balaban J connectivity index is 6.73. The summed E-state index contributed by atoms with van der Waals surface area (Å²) < 4.78 is 219. The SMILES string of the molecule is CCNC(=O)C(F)(F)C(F)(F)C(F)(F)C(F)(F)C(F)(F)C(F)(F)C(F)(F)C(F)(F)F. The van der Waals surface area contributed by atoms with E-state index in [4.69, 9.17) is 0 Å². The van der Waals surface area contributed by atoms with Crippen LogP contribution in [0.2, 0.25) is 0 Å². The first-order valence-corrected chi connectivity index (χ1v) is 6.73. The second-order valence-corrected chi connectivity index (χ2v) is 5.38. The fourth-order valence-electron chi connectivity index (χ4n) is 1.58. The van der Waals surface area contributed by atoms with Crippen LogP contribution in [0.1, 0.15) is 6.92 Å². The highest BCUT2D eigenvalue weighted by Gasteiger charge is 2.95. The van der Waals surface area contributed by atoms with Gasteiger partial charge in [-0.3, -0.25) is 4.79 Å². The maximum absolute atomic E-state index is 13.3. The molecule has 0 aliphatic heterocycles. The molecule has 180 valence electrons. The number of amides is 1. The van der Waals surface area contributed by atoms with Gasteiger partial charge in [0, 0.05) is 6.54 Å². The van der Waals surface area contributed by atoms with E-state index in [1.807, 2.05) is 0 Å². The normalized spacial score (nSPS) is 15.9. The molecule has 0 saturated carbocycles. The molecule has 0 atom stereocenters. The molecule has 19 heteroatoms. The number of carbonyl (C=O) groups is 1. The molecule has 1 amide bonds. The van der Waals surface area contributed by atoms with Crippen LogP contribution in [0.3, 0.4) is 0 Å². The summed E-state index contributed by atoms with van der Waals surface area (Å²) in [6.45, 7) is -0.398. The molecule has 0 aromatic heterocycles. The Kier molecular flexibility index (Phi) is 6.75. The lowest BCUT2D eigenvalue weighted by Gasteiger charge is -2.42. The van der Waals surface area contributed by atoms with Crippen LogP contribution in [0, 0.1) is 0 Å². The monoisotopic (exact) mass is 491 g/mol. The number of alkyl halides is 17. The topological polar surface area (TPSA) is 29.1 Å². The molecule has 1 N–H and O–H groups in total. The van der Waals surface area contributed by atoms with E-state index in [9.17, 15) is 79.4 Å². The molecule has 0 bridgehead atoms. The van der Waals surface area contributed by atoms with Crippen molar-refractivity contribution < 1.29 is 79.4 Å². The summed E-state index contributed by atoms with van der Waals surface area (Å²) in [4.78, 5) is 10.7. The average molecular weight is 491 g/mol. The second-order valence-electron chi connectivity index (χ2n) is 5.38. The molecule has 0 unspecified atom stereocenters. The van der Waals surface area contributed by atoms with Crippen LogP contribution in [0.15, 0.2) is 0 Å². The largest absolute Gasteiger partial charge is 0.460 e. The van der Waals surface area contributed by atoms with Crippen LogP contribution in [0.25, 0.3) is 0 Å². The van der Waals surface area contributed by atoms with Gasteiger partial charge in [-0.2, -0.15) is 74.6 Å². The van der Waals surface area contributed by atoms with Gasteiger partial charge in [-0.05, 0) is 6.92 Å². The van der Waals surface area contributed by atoms with E-state index in [1.165, 1.54) is 0 Å². The van der Waals surface area contributed by atoms with Crippen molar-refractivity contribution in [3.63, 3.8) is 0 Å². The molecular formula is C11H6F17NO. The summed E-state index contributed by atoms with van der Waals surface area (Å²) in [6.07, 6.45) is -7.81. The van der Waals surface area contributed by atoms with Crippen molar-refractivity contribution in [2.24, 2.45) is 0 Å². The Morgan fingerprint density at radius 3 is 1.07 bits per heavy atom. The Labute approximate surface area is 153 Å². The minimum absolute atomic E-state index is 0.673. The molecule has 0 radical (unpaired) electrons. The molecule has 0 saturated heterocycles. The van der Waals surface area contributed by atoms with Crippen LogP contribution >= 0.6 is 0 Å². The van der Waals surface area contributed by atoms with Gasteiger partial charge >= 0.3 is 47.6 Å². The highest BCUT2D eigenvalue weighted by Crippen LogP contribution is 2.63. The van der Waals surface area contributed by atoms with Gasteiger partial charge in [-0.1, -0.05) is 0 Å². The molecular weight excluding hydrogens is 485 g/mol. The molecule has 0 fully saturated rings. The highest BCUT2D eigenvalue weighted by atomic mass is 19.4. The molecule has 0 spiro atoms. The molecule has 0 rings (SSSR count). The van der Waals surface area contributed by atoms with E-state index < -0.39 is 60.1 Å². The lowest BCUT2D eigenvalue weighted by atomic mass is 9.89. The smallest absolute Gasteiger partial charge is 0.351 e. The predicted molar refractivity (Wildman–Crippen MR) is 59.4 cm³/mol. The molecule has 2 nitrogen and oxygen atoms in total. The van der Waals surface area contributed by atoms with Crippen LogP contribution in [-0.2, 0) is 4.79 Å². The van der Waals surface area contributed by atoms with Crippen molar-refractivity contribution >= 4 is 5.91 Å². The maximum atomic E-state index is 13.3. The van der Waals surface area contributed by atoms with E-state index >= 15 is 0 Å².